The molecule has 0 aliphatic carbocycles. The Hall–Kier alpha value is -1.30. The Kier molecular flexibility index (Phi) is 6.62. The molecular weight excluding hydrogens is 156 g/mol. The summed E-state index contributed by atoms with van der Waals surface area (Å²) < 4.78 is 0. The molecule has 0 saturated carbocycles. The van der Waals surface area contributed by atoms with Gasteiger partial charge in [0.15, 0.2) is 0 Å². The second-order valence-corrected chi connectivity index (χ2v) is 2.62. The smallest absolute Gasteiger partial charge is 0.0194 e. The van der Waals surface area contributed by atoms with Crippen LogP contribution in [0, 0.1) is 0 Å². The first-order chi connectivity index (χ1) is 6.29. The van der Waals surface area contributed by atoms with E-state index in [1.807, 2.05) is 19.1 Å². The molecule has 0 aliphatic rings. The van der Waals surface area contributed by atoms with Crippen molar-refractivity contribution in [3.05, 3.63) is 60.8 Å². The van der Waals surface area contributed by atoms with Crippen molar-refractivity contribution in [2.45, 2.75) is 20.3 Å². The van der Waals surface area contributed by atoms with E-state index in [1.165, 1.54) is 5.57 Å². The number of hydrogen-bond acceptors (Lipinski definition) is 0. The molecule has 0 nitrogen and oxygen atoms in total. The standard InChI is InChI=1S/C13H18/c1-5-9-11-13(8-4)12(7-3)10-6-2/h6-11H,2-3,5H2,1,4H3/b11-9-,12-10+,13-8+. The summed E-state index contributed by atoms with van der Waals surface area (Å²) in [5.74, 6) is 0. The summed E-state index contributed by atoms with van der Waals surface area (Å²) in [7, 11) is 0. The first-order valence-corrected chi connectivity index (χ1v) is 4.58. The summed E-state index contributed by atoms with van der Waals surface area (Å²) in [5.41, 5.74) is 2.30. The van der Waals surface area contributed by atoms with Gasteiger partial charge in [0, 0.05) is 0 Å². The summed E-state index contributed by atoms with van der Waals surface area (Å²) in [6.07, 6.45) is 12.9. The van der Waals surface area contributed by atoms with Gasteiger partial charge in [0.1, 0.15) is 0 Å². The number of hydrogen-bond donors (Lipinski definition) is 0. The summed E-state index contributed by atoms with van der Waals surface area (Å²) in [5, 5.41) is 0. The molecule has 0 aromatic carbocycles. The van der Waals surface area contributed by atoms with Crippen LogP contribution in [0.3, 0.4) is 0 Å². The Morgan fingerprint density at radius 2 is 1.92 bits per heavy atom. The first kappa shape index (κ1) is 11.7. The van der Waals surface area contributed by atoms with Crippen molar-refractivity contribution in [1.29, 1.82) is 0 Å². The molecule has 0 unspecified atom stereocenters. The van der Waals surface area contributed by atoms with Crippen molar-refractivity contribution in [1.82, 2.24) is 0 Å². The maximum atomic E-state index is 3.77. The molecule has 0 spiro atoms. The van der Waals surface area contributed by atoms with Crippen LogP contribution in [0.5, 0.6) is 0 Å². The molecule has 0 heteroatoms. The second-order valence-electron chi connectivity index (χ2n) is 2.62. The van der Waals surface area contributed by atoms with Gasteiger partial charge >= 0.3 is 0 Å². The average Bonchev–Trinajstić information content (AvgIpc) is 2.17. The summed E-state index contributed by atoms with van der Waals surface area (Å²) >= 11 is 0. The summed E-state index contributed by atoms with van der Waals surface area (Å²) in [6, 6.07) is 0. The highest BCUT2D eigenvalue weighted by molar-refractivity contribution is 5.46. The largest absolute Gasteiger partial charge is 0.0990 e. The molecule has 70 valence electrons. The predicted octanol–water partition coefficient (Wildman–Crippen LogP) is 4.20. The first-order valence-electron chi connectivity index (χ1n) is 4.58. The van der Waals surface area contributed by atoms with Crippen LogP contribution >= 0.6 is 0 Å². The third-order valence-corrected chi connectivity index (χ3v) is 1.69. The van der Waals surface area contributed by atoms with Crippen molar-refractivity contribution in [3.8, 4) is 0 Å². The Balaban J connectivity index is 4.75. The third-order valence-electron chi connectivity index (χ3n) is 1.69. The summed E-state index contributed by atoms with van der Waals surface area (Å²) in [4.78, 5) is 0. The average molecular weight is 174 g/mol. The maximum Gasteiger partial charge on any atom is -0.0194 e. The lowest BCUT2D eigenvalue weighted by atomic mass is 10.0. The van der Waals surface area contributed by atoms with Gasteiger partial charge in [-0.3, -0.25) is 0 Å². The van der Waals surface area contributed by atoms with Gasteiger partial charge in [-0.05, 0) is 24.5 Å². The van der Waals surface area contributed by atoms with Crippen molar-refractivity contribution in [2.75, 3.05) is 0 Å². The molecule has 0 atom stereocenters. The summed E-state index contributed by atoms with van der Waals surface area (Å²) in [6.45, 7) is 11.6. The zero-order valence-corrected chi connectivity index (χ0v) is 8.59. The molecule has 0 aromatic rings. The zero-order chi connectivity index (χ0) is 10.1. The van der Waals surface area contributed by atoms with E-state index in [4.69, 9.17) is 0 Å². The molecule has 0 radical (unpaired) electrons. The highest BCUT2D eigenvalue weighted by atomic mass is 14.0. The van der Waals surface area contributed by atoms with Gasteiger partial charge in [0.2, 0.25) is 0 Å². The van der Waals surface area contributed by atoms with Gasteiger partial charge < -0.3 is 0 Å². The van der Waals surface area contributed by atoms with Crippen molar-refractivity contribution in [2.24, 2.45) is 0 Å². The van der Waals surface area contributed by atoms with E-state index in [2.05, 4.69) is 38.3 Å². The van der Waals surface area contributed by atoms with Crippen LogP contribution in [0.25, 0.3) is 0 Å². The van der Waals surface area contributed by atoms with E-state index in [0.29, 0.717) is 0 Å². The minimum Gasteiger partial charge on any atom is -0.0990 e. The lowest BCUT2D eigenvalue weighted by Crippen LogP contribution is -1.81. The van der Waals surface area contributed by atoms with E-state index < -0.39 is 0 Å². The van der Waals surface area contributed by atoms with Gasteiger partial charge in [-0.25, -0.2) is 0 Å². The van der Waals surface area contributed by atoms with E-state index in [9.17, 15) is 0 Å². The van der Waals surface area contributed by atoms with Crippen LogP contribution < -0.4 is 0 Å². The Bertz CT molecular complexity index is 249. The van der Waals surface area contributed by atoms with Crippen LogP contribution in [0.4, 0.5) is 0 Å². The van der Waals surface area contributed by atoms with Crippen LogP contribution in [0.15, 0.2) is 60.8 Å². The minimum atomic E-state index is 1.05. The normalized spacial score (nSPS) is 13.4. The maximum absolute atomic E-state index is 3.77. The zero-order valence-electron chi connectivity index (χ0n) is 8.59. The molecule has 0 bridgehead atoms. The number of allylic oxidation sites excluding steroid dienone is 8. The second kappa shape index (κ2) is 7.35. The minimum absolute atomic E-state index is 1.05. The highest BCUT2D eigenvalue weighted by Crippen LogP contribution is 2.12. The lowest BCUT2D eigenvalue weighted by molar-refractivity contribution is 1.22. The Labute approximate surface area is 81.7 Å². The van der Waals surface area contributed by atoms with Gasteiger partial charge in [-0.1, -0.05) is 56.5 Å². The highest BCUT2D eigenvalue weighted by Gasteiger charge is 1.93. The van der Waals surface area contributed by atoms with Crippen molar-refractivity contribution < 1.29 is 0 Å². The van der Waals surface area contributed by atoms with Crippen LogP contribution in [0.2, 0.25) is 0 Å². The van der Waals surface area contributed by atoms with E-state index in [1.54, 1.807) is 6.08 Å². The topological polar surface area (TPSA) is 0 Å². The van der Waals surface area contributed by atoms with Crippen LogP contribution in [-0.2, 0) is 0 Å². The molecule has 0 N–H and O–H groups in total. The fourth-order valence-electron chi connectivity index (χ4n) is 1.01. The fourth-order valence-corrected chi connectivity index (χ4v) is 1.01. The van der Waals surface area contributed by atoms with E-state index >= 15 is 0 Å². The van der Waals surface area contributed by atoms with E-state index in [-0.39, 0.29) is 0 Å². The van der Waals surface area contributed by atoms with Gasteiger partial charge in [0.05, 0.1) is 0 Å². The molecular formula is C13H18. The molecule has 0 saturated heterocycles. The van der Waals surface area contributed by atoms with Gasteiger partial charge in [-0.2, -0.15) is 0 Å². The SMILES string of the molecule is C=C/C=C(C=C)/C(/C=C\CC)=C/C. The van der Waals surface area contributed by atoms with Crippen LogP contribution in [0.1, 0.15) is 20.3 Å². The van der Waals surface area contributed by atoms with Gasteiger partial charge in [-0.15, -0.1) is 0 Å². The predicted molar refractivity (Wildman–Crippen MR) is 61.7 cm³/mol. The van der Waals surface area contributed by atoms with Crippen LogP contribution in [-0.4, -0.2) is 0 Å². The molecule has 0 fully saturated rings. The third kappa shape index (κ3) is 4.32. The van der Waals surface area contributed by atoms with Gasteiger partial charge in [0.25, 0.3) is 0 Å². The molecule has 0 aliphatic heterocycles. The molecule has 0 heterocycles. The molecule has 0 amide bonds. The Morgan fingerprint density at radius 3 is 2.31 bits per heavy atom. The molecule has 13 heavy (non-hydrogen) atoms. The number of rotatable bonds is 5. The lowest BCUT2D eigenvalue weighted by Gasteiger charge is -2.00. The fraction of sp³-hybridized carbons (Fsp3) is 0.231. The quantitative estimate of drug-likeness (QED) is 0.548. The van der Waals surface area contributed by atoms with E-state index in [0.717, 1.165) is 12.0 Å². The monoisotopic (exact) mass is 174 g/mol. The van der Waals surface area contributed by atoms with Crippen molar-refractivity contribution >= 4 is 0 Å². The molecule has 0 rings (SSSR count). The molecule has 0 aromatic heterocycles. The Morgan fingerprint density at radius 1 is 1.23 bits per heavy atom. The van der Waals surface area contributed by atoms with Crippen molar-refractivity contribution in [3.63, 3.8) is 0 Å².